The molecule has 4 nitrogen and oxygen atoms in total. The van der Waals surface area contributed by atoms with Gasteiger partial charge in [-0.25, -0.2) is 22.9 Å². The van der Waals surface area contributed by atoms with Crippen LogP contribution in [0.25, 0.3) is 0 Å². The van der Waals surface area contributed by atoms with Crippen molar-refractivity contribution in [3.8, 4) is 5.88 Å². The van der Waals surface area contributed by atoms with Crippen molar-refractivity contribution in [3.63, 3.8) is 0 Å². The van der Waals surface area contributed by atoms with E-state index < -0.39 is 35.3 Å². The molecule has 0 bridgehead atoms. The highest BCUT2D eigenvalue weighted by Crippen LogP contribution is 2.25. The highest BCUT2D eigenvalue weighted by molar-refractivity contribution is 5.90. The minimum atomic E-state index is -2.99. The normalized spacial score (nSPS) is 10.5. The molecule has 7 heteroatoms. The molecule has 82 valence electrons. The molecule has 1 aromatic rings. The molecule has 1 rings (SSSR count). The van der Waals surface area contributed by atoms with Crippen molar-refractivity contribution in [1.29, 1.82) is 0 Å². The molecule has 0 fully saturated rings. The van der Waals surface area contributed by atoms with Crippen molar-refractivity contribution < 1.29 is 27.8 Å². The van der Waals surface area contributed by atoms with Crippen LogP contribution in [-0.4, -0.2) is 23.2 Å². The van der Waals surface area contributed by atoms with E-state index in [2.05, 4.69) is 9.72 Å². The number of pyridine rings is 1. The van der Waals surface area contributed by atoms with E-state index in [-0.39, 0.29) is 0 Å². The number of ether oxygens (including phenoxy) is 1. The Labute approximate surface area is 82.3 Å². The topological polar surface area (TPSA) is 59.4 Å². The average molecular weight is 221 g/mol. The van der Waals surface area contributed by atoms with Gasteiger partial charge in [0.25, 0.3) is 6.43 Å². The fourth-order valence-electron chi connectivity index (χ4n) is 0.963. The third-order valence-electron chi connectivity index (χ3n) is 1.59. The molecule has 1 aromatic heterocycles. The molecule has 15 heavy (non-hydrogen) atoms. The first-order valence-electron chi connectivity index (χ1n) is 3.73. The maximum atomic E-state index is 13.1. The van der Waals surface area contributed by atoms with Gasteiger partial charge in [0.1, 0.15) is 11.5 Å². The van der Waals surface area contributed by atoms with Gasteiger partial charge in [0.05, 0.1) is 7.11 Å². The Morgan fingerprint density at radius 1 is 1.60 bits per heavy atom. The second kappa shape index (κ2) is 4.16. The molecule has 0 spiro atoms. The maximum Gasteiger partial charge on any atom is 0.344 e. The number of halogens is 3. The van der Waals surface area contributed by atoms with Gasteiger partial charge in [-0.15, -0.1) is 0 Å². The van der Waals surface area contributed by atoms with Gasteiger partial charge in [-0.1, -0.05) is 0 Å². The number of alkyl halides is 2. The van der Waals surface area contributed by atoms with E-state index in [9.17, 15) is 18.0 Å². The van der Waals surface area contributed by atoms with Crippen LogP contribution >= 0.6 is 0 Å². The molecule has 0 saturated carbocycles. The standard InChI is InChI=1S/C8H6F3NO3/c1-15-7-5(8(13)14)3(9)2-4(12-7)6(10)11/h2,6H,1H3,(H,13,14). The molecule has 1 N–H and O–H groups in total. The van der Waals surface area contributed by atoms with Gasteiger partial charge in [-0.2, -0.15) is 0 Å². The van der Waals surface area contributed by atoms with Crippen molar-refractivity contribution >= 4 is 5.97 Å². The van der Waals surface area contributed by atoms with Crippen LogP contribution in [0, 0.1) is 5.82 Å². The van der Waals surface area contributed by atoms with Gasteiger partial charge in [0.15, 0.2) is 5.56 Å². The number of hydrogen-bond donors (Lipinski definition) is 1. The summed E-state index contributed by atoms with van der Waals surface area (Å²) >= 11 is 0. The van der Waals surface area contributed by atoms with Crippen LogP contribution in [-0.2, 0) is 0 Å². The quantitative estimate of drug-likeness (QED) is 0.846. The number of nitrogens with zero attached hydrogens (tertiary/aromatic N) is 1. The molecule has 0 aliphatic rings. The third kappa shape index (κ3) is 2.17. The first-order valence-corrected chi connectivity index (χ1v) is 3.73. The van der Waals surface area contributed by atoms with Crippen LogP contribution in [0.2, 0.25) is 0 Å². The zero-order valence-corrected chi connectivity index (χ0v) is 7.50. The smallest absolute Gasteiger partial charge is 0.344 e. The lowest BCUT2D eigenvalue weighted by molar-refractivity contribution is 0.0685. The van der Waals surface area contributed by atoms with Crippen LogP contribution in [0.15, 0.2) is 6.07 Å². The predicted octanol–water partition coefficient (Wildman–Crippen LogP) is 1.87. The van der Waals surface area contributed by atoms with Gasteiger partial charge in [-0.3, -0.25) is 0 Å². The molecule has 0 saturated heterocycles. The summed E-state index contributed by atoms with van der Waals surface area (Å²) in [5.41, 5.74) is -1.73. The number of carbonyl (C=O) groups is 1. The molecular weight excluding hydrogens is 215 g/mol. The summed E-state index contributed by atoms with van der Waals surface area (Å²) in [7, 11) is 1.02. The van der Waals surface area contributed by atoms with Crippen LogP contribution in [0.1, 0.15) is 22.5 Å². The Bertz CT molecular complexity index is 395. The van der Waals surface area contributed by atoms with E-state index in [4.69, 9.17) is 5.11 Å². The number of aromatic nitrogens is 1. The van der Waals surface area contributed by atoms with Crippen molar-refractivity contribution in [2.45, 2.75) is 6.43 Å². The number of carboxylic acids is 1. The van der Waals surface area contributed by atoms with Gasteiger partial charge in [-0.05, 0) is 0 Å². The van der Waals surface area contributed by atoms with E-state index in [1.54, 1.807) is 0 Å². The van der Waals surface area contributed by atoms with Gasteiger partial charge in [0.2, 0.25) is 5.88 Å². The zero-order chi connectivity index (χ0) is 11.6. The molecule has 0 radical (unpaired) electrons. The first-order chi connectivity index (χ1) is 6.97. The number of rotatable bonds is 3. The predicted molar refractivity (Wildman–Crippen MR) is 42.7 cm³/mol. The second-order valence-electron chi connectivity index (χ2n) is 2.52. The largest absolute Gasteiger partial charge is 0.480 e. The van der Waals surface area contributed by atoms with Gasteiger partial charge in [0, 0.05) is 6.07 Å². The molecule has 1 heterocycles. The summed E-state index contributed by atoms with van der Waals surface area (Å²) in [6.45, 7) is 0. The Morgan fingerprint density at radius 3 is 2.60 bits per heavy atom. The highest BCUT2D eigenvalue weighted by atomic mass is 19.3. The monoisotopic (exact) mass is 221 g/mol. The molecule has 0 aromatic carbocycles. The lowest BCUT2D eigenvalue weighted by atomic mass is 10.2. The SMILES string of the molecule is COc1nc(C(F)F)cc(F)c1C(=O)O. The molecule has 0 aliphatic carbocycles. The Balaban J connectivity index is 3.37. The second-order valence-corrected chi connectivity index (χ2v) is 2.52. The Hall–Kier alpha value is -1.79. The molecule has 0 unspecified atom stereocenters. The molecular formula is C8H6F3NO3. The van der Waals surface area contributed by atoms with Crippen LogP contribution in [0.3, 0.4) is 0 Å². The van der Waals surface area contributed by atoms with E-state index in [1.807, 2.05) is 0 Å². The van der Waals surface area contributed by atoms with Crippen LogP contribution in [0.5, 0.6) is 5.88 Å². The number of aromatic carboxylic acids is 1. The average Bonchev–Trinajstić information content (AvgIpc) is 2.15. The van der Waals surface area contributed by atoms with Crippen molar-refractivity contribution in [2.24, 2.45) is 0 Å². The van der Waals surface area contributed by atoms with Crippen molar-refractivity contribution in [1.82, 2.24) is 4.98 Å². The minimum Gasteiger partial charge on any atom is -0.480 e. The maximum absolute atomic E-state index is 13.1. The zero-order valence-electron chi connectivity index (χ0n) is 7.50. The summed E-state index contributed by atoms with van der Waals surface area (Å²) in [5.74, 6) is -3.60. The van der Waals surface area contributed by atoms with Gasteiger partial charge >= 0.3 is 5.97 Å². The molecule has 0 atom stereocenters. The number of methoxy groups -OCH3 is 1. The molecule has 0 aliphatic heterocycles. The van der Waals surface area contributed by atoms with E-state index >= 15 is 0 Å². The molecule has 0 amide bonds. The van der Waals surface area contributed by atoms with E-state index in [0.717, 1.165) is 7.11 Å². The highest BCUT2D eigenvalue weighted by Gasteiger charge is 2.22. The van der Waals surface area contributed by atoms with Crippen LogP contribution in [0.4, 0.5) is 13.2 Å². The fraction of sp³-hybridized carbons (Fsp3) is 0.250. The van der Waals surface area contributed by atoms with Gasteiger partial charge < -0.3 is 9.84 Å². The third-order valence-corrected chi connectivity index (χ3v) is 1.59. The Morgan fingerprint density at radius 2 is 2.20 bits per heavy atom. The summed E-state index contributed by atoms with van der Waals surface area (Å²) in [6.07, 6.45) is -2.99. The summed E-state index contributed by atoms with van der Waals surface area (Å²) in [4.78, 5) is 13.7. The van der Waals surface area contributed by atoms with Crippen molar-refractivity contribution in [2.75, 3.05) is 7.11 Å². The Kier molecular flexibility index (Phi) is 3.13. The van der Waals surface area contributed by atoms with Crippen LogP contribution < -0.4 is 4.74 Å². The first kappa shape index (κ1) is 11.3. The van der Waals surface area contributed by atoms with E-state index in [1.165, 1.54) is 0 Å². The number of hydrogen-bond acceptors (Lipinski definition) is 3. The van der Waals surface area contributed by atoms with E-state index in [0.29, 0.717) is 6.07 Å². The lowest BCUT2D eigenvalue weighted by Crippen LogP contribution is -2.08. The number of carboxylic acid groups (broad SMARTS) is 1. The summed E-state index contributed by atoms with van der Waals surface area (Å²) in [5, 5.41) is 8.56. The fourth-order valence-corrected chi connectivity index (χ4v) is 0.963. The van der Waals surface area contributed by atoms with Crippen molar-refractivity contribution in [3.05, 3.63) is 23.1 Å². The summed E-state index contributed by atoms with van der Waals surface area (Å²) < 4.78 is 41.8. The minimum absolute atomic E-state index is 0.372. The lowest BCUT2D eigenvalue weighted by Gasteiger charge is -2.07. The summed E-state index contributed by atoms with van der Waals surface area (Å²) in [6, 6.07) is 0.372.